The number of carbonyl (C=O) groups excluding carboxylic acids is 1. The molecule has 1 aromatic heterocycles. The van der Waals surface area contributed by atoms with Crippen LogP contribution in [0.3, 0.4) is 0 Å². The quantitative estimate of drug-likeness (QED) is 0.323. The molecule has 29 heavy (non-hydrogen) atoms. The molecule has 0 saturated heterocycles. The van der Waals surface area contributed by atoms with Gasteiger partial charge in [-0.05, 0) is 19.1 Å². The molecular weight excluding hydrogens is 414 g/mol. The van der Waals surface area contributed by atoms with Crippen LogP contribution in [0, 0.1) is 10.1 Å². The third kappa shape index (κ3) is 5.12. The fraction of sp³-hybridized carbons (Fsp3) is 0.211. The maximum Gasteiger partial charge on any atom is 0.273 e. The molecule has 1 amide bonds. The molecule has 0 atom stereocenters. The summed E-state index contributed by atoms with van der Waals surface area (Å²) in [6, 6.07) is 13.6. The van der Waals surface area contributed by atoms with Gasteiger partial charge in [0, 0.05) is 23.9 Å². The summed E-state index contributed by atoms with van der Waals surface area (Å²) in [7, 11) is 0. The second-order valence-electron chi connectivity index (χ2n) is 6.02. The van der Waals surface area contributed by atoms with E-state index in [1.165, 1.54) is 17.8 Å². The fourth-order valence-electron chi connectivity index (χ4n) is 2.73. The summed E-state index contributed by atoms with van der Waals surface area (Å²) in [6.07, 6.45) is 0.0398. The predicted molar refractivity (Wildman–Crippen MR) is 112 cm³/mol. The maximum absolute atomic E-state index is 12.4. The van der Waals surface area contributed by atoms with E-state index in [2.05, 4.69) is 15.5 Å². The van der Waals surface area contributed by atoms with Crippen LogP contribution in [0.2, 0.25) is 5.02 Å². The van der Waals surface area contributed by atoms with Crippen molar-refractivity contribution < 1.29 is 9.72 Å². The average molecular weight is 432 g/mol. The topological polar surface area (TPSA) is 103 Å². The number of benzene rings is 2. The Bertz CT molecular complexity index is 1040. The molecule has 0 aliphatic rings. The molecule has 150 valence electrons. The zero-order chi connectivity index (χ0) is 20.8. The second kappa shape index (κ2) is 9.53. The highest BCUT2D eigenvalue weighted by Gasteiger charge is 2.18. The van der Waals surface area contributed by atoms with E-state index in [4.69, 9.17) is 11.6 Å². The highest BCUT2D eigenvalue weighted by atomic mass is 35.5. The summed E-state index contributed by atoms with van der Waals surface area (Å²) in [5.74, 6) is 0.638. The number of para-hydroxylation sites is 2. The Morgan fingerprint density at radius 3 is 2.66 bits per heavy atom. The molecular formula is C19H18ClN5O3S. The lowest BCUT2D eigenvalue weighted by Crippen LogP contribution is -2.17. The number of carbonyl (C=O) groups is 1. The summed E-state index contributed by atoms with van der Waals surface area (Å²) in [5.41, 5.74) is 1.21. The molecule has 1 heterocycles. The number of aromatic nitrogens is 3. The fourth-order valence-corrected chi connectivity index (χ4v) is 3.93. The molecule has 0 saturated carbocycles. The molecule has 0 spiro atoms. The summed E-state index contributed by atoms with van der Waals surface area (Å²) in [5, 5.41) is 23.3. The van der Waals surface area contributed by atoms with Crippen molar-refractivity contribution in [2.75, 3.05) is 5.32 Å². The number of thioether (sulfide) groups is 1. The second-order valence-corrected chi connectivity index (χ2v) is 7.37. The van der Waals surface area contributed by atoms with Crippen LogP contribution in [-0.4, -0.2) is 25.6 Å². The number of nitrogens with one attached hydrogen (secondary N) is 1. The predicted octanol–water partition coefficient (Wildman–Crippen LogP) is 4.33. The van der Waals surface area contributed by atoms with E-state index >= 15 is 0 Å². The molecule has 0 aliphatic heterocycles. The Morgan fingerprint density at radius 1 is 1.21 bits per heavy atom. The molecule has 3 rings (SSSR count). The van der Waals surface area contributed by atoms with Crippen molar-refractivity contribution in [2.45, 2.75) is 30.8 Å². The molecule has 0 radical (unpaired) electrons. The van der Waals surface area contributed by atoms with Crippen molar-refractivity contribution in [1.29, 1.82) is 0 Å². The third-order valence-corrected chi connectivity index (χ3v) is 5.47. The lowest BCUT2D eigenvalue weighted by Gasteiger charge is -2.09. The average Bonchev–Trinajstić information content (AvgIpc) is 3.09. The Kier molecular flexibility index (Phi) is 6.84. The van der Waals surface area contributed by atoms with E-state index in [1.54, 1.807) is 42.5 Å². The first-order chi connectivity index (χ1) is 14.0. The van der Waals surface area contributed by atoms with E-state index in [-0.39, 0.29) is 18.0 Å². The van der Waals surface area contributed by atoms with Crippen molar-refractivity contribution in [3.63, 3.8) is 0 Å². The number of hydrogen-bond donors (Lipinski definition) is 1. The largest absolute Gasteiger partial charge is 0.324 e. The van der Waals surface area contributed by atoms with Gasteiger partial charge in [0.05, 0.1) is 22.1 Å². The van der Waals surface area contributed by atoms with Gasteiger partial charge in [-0.15, -0.1) is 10.2 Å². The molecule has 0 unspecified atom stereocenters. The number of halogens is 1. The van der Waals surface area contributed by atoms with Crippen LogP contribution < -0.4 is 5.32 Å². The molecule has 0 fully saturated rings. The van der Waals surface area contributed by atoms with E-state index < -0.39 is 4.92 Å². The van der Waals surface area contributed by atoms with Gasteiger partial charge in [-0.1, -0.05) is 53.7 Å². The standard InChI is InChI=1S/C19H18ClN5O3S/c1-2-24-17(11-18(26)21-15-9-5-4-8-14(15)20)22-23-19(24)29-12-13-7-3-6-10-16(13)25(27)28/h3-10H,2,11-12H2,1H3,(H,21,26). The Balaban J connectivity index is 1.70. The zero-order valence-electron chi connectivity index (χ0n) is 15.5. The summed E-state index contributed by atoms with van der Waals surface area (Å²) < 4.78 is 1.83. The van der Waals surface area contributed by atoms with Crippen molar-refractivity contribution in [3.05, 3.63) is 75.1 Å². The van der Waals surface area contributed by atoms with Crippen molar-refractivity contribution in [1.82, 2.24) is 14.8 Å². The number of hydrogen-bond acceptors (Lipinski definition) is 6. The van der Waals surface area contributed by atoms with Gasteiger partial charge in [0.2, 0.25) is 5.91 Å². The molecule has 2 aromatic carbocycles. The van der Waals surface area contributed by atoms with Crippen LogP contribution in [0.5, 0.6) is 0 Å². The van der Waals surface area contributed by atoms with Crippen molar-refractivity contribution >= 4 is 40.6 Å². The van der Waals surface area contributed by atoms with E-state index in [1.807, 2.05) is 11.5 Å². The lowest BCUT2D eigenvalue weighted by molar-refractivity contribution is -0.385. The highest BCUT2D eigenvalue weighted by Crippen LogP contribution is 2.27. The minimum atomic E-state index is -0.398. The van der Waals surface area contributed by atoms with Gasteiger partial charge >= 0.3 is 0 Å². The Morgan fingerprint density at radius 2 is 1.93 bits per heavy atom. The van der Waals surface area contributed by atoms with Crippen LogP contribution in [0.4, 0.5) is 11.4 Å². The van der Waals surface area contributed by atoms with E-state index in [0.29, 0.717) is 39.6 Å². The van der Waals surface area contributed by atoms with Crippen molar-refractivity contribution in [2.24, 2.45) is 0 Å². The maximum atomic E-state index is 12.4. The van der Waals surface area contributed by atoms with Crippen LogP contribution in [-0.2, 0) is 23.5 Å². The Hall–Kier alpha value is -2.91. The molecule has 10 heteroatoms. The summed E-state index contributed by atoms with van der Waals surface area (Å²) in [6.45, 7) is 2.49. The number of anilines is 1. The smallest absolute Gasteiger partial charge is 0.273 e. The van der Waals surface area contributed by atoms with Gasteiger partial charge in [-0.25, -0.2) is 0 Å². The minimum absolute atomic E-state index is 0.0398. The van der Waals surface area contributed by atoms with Gasteiger partial charge in [-0.3, -0.25) is 14.9 Å². The van der Waals surface area contributed by atoms with Gasteiger partial charge < -0.3 is 9.88 Å². The number of rotatable bonds is 8. The van der Waals surface area contributed by atoms with Gasteiger partial charge in [-0.2, -0.15) is 0 Å². The normalized spacial score (nSPS) is 10.7. The Labute approximate surface area is 176 Å². The van der Waals surface area contributed by atoms with Crippen LogP contribution in [0.1, 0.15) is 18.3 Å². The lowest BCUT2D eigenvalue weighted by atomic mass is 10.2. The monoisotopic (exact) mass is 431 g/mol. The zero-order valence-corrected chi connectivity index (χ0v) is 17.1. The van der Waals surface area contributed by atoms with Crippen LogP contribution >= 0.6 is 23.4 Å². The van der Waals surface area contributed by atoms with E-state index in [0.717, 1.165) is 0 Å². The summed E-state index contributed by atoms with van der Waals surface area (Å²) in [4.78, 5) is 23.1. The van der Waals surface area contributed by atoms with E-state index in [9.17, 15) is 14.9 Å². The molecule has 3 aromatic rings. The molecule has 8 nitrogen and oxygen atoms in total. The van der Waals surface area contributed by atoms with Gasteiger partial charge in [0.25, 0.3) is 5.69 Å². The first-order valence-corrected chi connectivity index (χ1v) is 10.2. The molecule has 0 bridgehead atoms. The third-order valence-electron chi connectivity index (χ3n) is 4.12. The number of amides is 1. The SMILES string of the molecule is CCn1c(CC(=O)Nc2ccccc2Cl)nnc1SCc1ccccc1[N+](=O)[O-]. The first kappa shape index (κ1) is 20.8. The van der Waals surface area contributed by atoms with Gasteiger partial charge in [0.1, 0.15) is 5.82 Å². The van der Waals surface area contributed by atoms with Crippen molar-refractivity contribution in [3.8, 4) is 0 Å². The van der Waals surface area contributed by atoms with Crippen LogP contribution in [0.15, 0.2) is 53.7 Å². The molecule has 0 aliphatic carbocycles. The van der Waals surface area contributed by atoms with Gasteiger partial charge in [0.15, 0.2) is 5.16 Å². The van der Waals surface area contributed by atoms with Crippen LogP contribution in [0.25, 0.3) is 0 Å². The first-order valence-electron chi connectivity index (χ1n) is 8.81. The number of nitro groups is 1. The number of nitro benzene ring substituents is 1. The molecule has 1 N–H and O–H groups in total. The number of nitrogens with zero attached hydrogens (tertiary/aromatic N) is 4. The summed E-state index contributed by atoms with van der Waals surface area (Å²) >= 11 is 7.41. The minimum Gasteiger partial charge on any atom is -0.324 e. The highest BCUT2D eigenvalue weighted by molar-refractivity contribution is 7.98.